The highest BCUT2D eigenvalue weighted by Gasteiger charge is 2.15. The highest BCUT2D eigenvalue weighted by Crippen LogP contribution is 2.39. The number of alkyl halides is 2. The third kappa shape index (κ3) is 3.38. The molecule has 0 aromatic heterocycles. The molecule has 0 aliphatic carbocycles. The number of hydrogen-bond donors (Lipinski definition) is 0. The van der Waals surface area contributed by atoms with Crippen molar-refractivity contribution < 1.29 is 0 Å². The van der Waals surface area contributed by atoms with Gasteiger partial charge in [-0.1, -0.05) is 117 Å². The maximum absolute atomic E-state index is 3.76. The normalized spacial score (nSPS) is 11.3. The van der Waals surface area contributed by atoms with E-state index in [9.17, 15) is 0 Å². The zero-order chi connectivity index (χ0) is 20.5. The van der Waals surface area contributed by atoms with Crippen molar-refractivity contribution in [3.8, 4) is 22.3 Å². The van der Waals surface area contributed by atoms with Crippen molar-refractivity contribution in [1.29, 1.82) is 0 Å². The van der Waals surface area contributed by atoms with Gasteiger partial charge in [0.2, 0.25) is 0 Å². The smallest absolute Gasteiger partial charge is 0.0289 e. The Morgan fingerprint density at radius 3 is 1.27 bits per heavy atom. The zero-order valence-electron chi connectivity index (χ0n) is 16.4. The molecule has 0 unspecified atom stereocenters. The van der Waals surface area contributed by atoms with E-state index in [4.69, 9.17) is 0 Å². The molecule has 0 heterocycles. The van der Waals surface area contributed by atoms with E-state index in [0.29, 0.717) is 0 Å². The van der Waals surface area contributed by atoms with E-state index < -0.39 is 0 Å². The summed E-state index contributed by atoms with van der Waals surface area (Å²) in [5.41, 5.74) is 7.77. The van der Waals surface area contributed by atoms with Gasteiger partial charge in [0.1, 0.15) is 0 Å². The van der Waals surface area contributed by atoms with Crippen LogP contribution in [-0.4, -0.2) is 0 Å². The Hall–Kier alpha value is -2.42. The minimum Gasteiger partial charge on any atom is -0.0876 e. The number of rotatable bonds is 4. The summed E-state index contributed by atoms with van der Waals surface area (Å²) >= 11 is 7.52. The summed E-state index contributed by atoms with van der Waals surface area (Å²) in [6.07, 6.45) is 0. The molecule has 0 saturated carbocycles. The third-order valence-electron chi connectivity index (χ3n) is 5.78. The summed E-state index contributed by atoms with van der Waals surface area (Å²) in [6.45, 7) is 0. The molecule has 0 bridgehead atoms. The average Bonchev–Trinajstić information content (AvgIpc) is 2.82. The van der Waals surface area contributed by atoms with Crippen LogP contribution >= 0.6 is 31.9 Å². The SMILES string of the molecule is BrCc1cc(-c2cccc3ccccc23)c(CBr)cc1-c1cccc2ccccc12. The fourth-order valence-corrected chi connectivity index (χ4v) is 5.26. The van der Waals surface area contributed by atoms with E-state index in [2.05, 4.69) is 129 Å². The number of fused-ring (bicyclic) bond motifs is 2. The second-order valence-corrected chi connectivity index (χ2v) is 8.61. The van der Waals surface area contributed by atoms with Crippen LogP contribution in [0.1, 0.15) is 11.1 Å². The second kappa shape index (κ2) is 8.37. The van der Waals surface area contributed by atoms with Crippen LogP contribution in [-0.2, 0) is 10.7 Å². The summed E-state index contributed by atoms with van der Waals surface area (Å²) < 4.78 is 0. The summed E-state index contributed by atoms with van der Waals surface area (Å²) in [6, 6.07) is 35.1. The van der Waals surface area contributed by atoms with Gasteiger partial charge < -0.3 is 0 Å². The Bertz CT molecular complexity index is 1250. The van der Waals surface area contributed by atoms with Crippen LogP contribution in [0, 0.1) is 0 Å². The molecule has 5 aromatic carbocycles. The molecule has 0 aliphatic heterocycles. The van der Waals surface area contributed by atoms with Crippen LogP contribution in [0.4, 0.5) is 0 Å². The third-order valence-corrected chi connectivity index (χ3v) is 6.98. The van der Waals surface area contributed by atoms with Gasteiger partial charge >= 0.3 is 0 Å². The van der Waals surface area contributed by atoms with Gasteiger partial charge in [0.25, 0.3) is 0 Å². The van der Waals surface area contributed by atoms with Crippen LogP contribution in [0.3, 0.4) is 0 Å². The first-order valence-electron chi connectivity index (χ1n) is 10.0. The van der Waals surface area contributed by atoms with E-state index in [-0.39, 0.29) is 0 Å². The minimum absolute atomic E-state index is 0.811. The molecule has 0 nitrogen and oxygen atoms in total. The lowest BCUT2D eigenvalue weighted by atomic mass is 9.88. The minimum atomic E-state index is 0.811. The zero-order valence-corrected chi connectivity index (χ0v) is 19.6. The van der Waals surface area contributed by atoms with Crippen LogP contribution < -0.4 is 0 Å². The molecule has 0 aliphatic rings. The highest BCUT2D eigenvalue weighted by molar-refractivity contribution is 9.08. The number of hydrogen-bond acceptors (Lipinski definition) is 0. The summed E-state index contributed by atoms with van der Waals surface area (Å²) in [5, 5.41) is 6.75. The second-order valence-electron chi connectivity index (χ2n) is 7.49. The Morgan fingerprint density at radius 1 is 0.433 bits per heavy atom. The van der Waals surface area contributed by atoms with Gasteiger partial charge in [-0.15, -0.1) is 0 Å². The van der Waals surface area contributed by atoms with Crippen molar-refractivity contribution in [2.75, 3.05) is 0 Å². The standard InChI is InChI=1S/C28H20Br2/c29-17-21-16-28(26-14-6-10-20-8-2-4-12-24(20)26)22(18-30)15-27(21)25-13-5-9-19-7-1-3-11-23(19)25/h1-16H,17-18H2. The molecule has 2 heteroatoms. The van der Waals surface area contributed by atoms with Crippen LogP contribution in [0.2, 0.25) is 0 Å². The van der Waals surface area contributed by atoms with E-state index in [1.807, 2.05) is 0 Å². The van der Waals surface area contributed by atoms with Crippen LogP contribution in [0.25, 0.3) is 43.8 Å². The van der Waals surface area contributed by atoms with Crippen molar-refractivity contribution in [1.82, 2.24) is 0 Å². The predicted molar refractivity (Wildman–Crippen MR) is 138 cm³/mol. The first kappa shape index (κ1) is 19.5. The van der Waals surface area contributed by atoms with E-state index >= 15 is 0 Å². The van der Waals surface area contributed by atoms with Crippen molar-refractivity contribution in [3.05, 3.63) is 108 Å². The lowest BCUT2D eigenvalue weighted by molar-refractivity contribution is 1.36. The molecule has 30 heavy (non-hydrogen) atoms. The molecule has 0 saturated heterocycles. The predicted octanol–water partition coefficient (Wildman–Crippen LogP) is 9.12. The maximum atomic E-state index is 3.76. The molecular weight excluding hydrogens is 496 g/mol. The molecule has 146 valence electrons. The van der Waals surface area contributed by atoms with Crippen molar-refractivity contribution in [2.24, 2.45) is 0 Å². The van der Waals surface area contributed by atoms with Crippen LogP contribution in [0.15, 0.2) is 97.1 Å². The summed E-state index contributed by atoms with van der Waals surface area (Å²) in [7, 11) is 0. The molecule has 5 rings (SSSR count). The molecule has 5 aromatic rings. The molecule has 0 fully saturated rings. The summed E-state index contributed by atoms with van der Waals surface area (Å²) in [4.78, 5) is 0. The van der Waals surface area contributed by atoms with Gasteiger partial charge in [-0.3, -0.25) is 0 Å². The maximum Gasteiger partial charge on any atom is 0.0289 e. The number of benzene rings is 5. The van der Waals surface area contributed by atoms with Gasteiger partial charge in [0.15, 0.2) is 0 Å². The van der Waals surface area contributed by atoms with Crippen LogP contribution in [0.5, 0.6) is 0 Å². The molecular formula is C28H20Br2. The average molecular weight is 516 g/mol. The molecule has 0 spiro atoms. The quantitative estimate of drug-likeness (QED) is 0.209. The fourth-order valence-electron chi connectivity index (χ4n) is 4.33. The van der Waals surface area contributed by atoms with Gasteiger partial charge in [-0.25, -0.2) is 0 Å². The monoisotopic (exact) mass is 514 g/mol. The first-order chi connectivity index (χ1) is 14.8. The van der Waals surface area contributed by atoms with Crippen molar-refractivity contribution in [3.63, 3.8) is 0 Å². The first-order valence-corrected chi connectivity index (χ1v) is 12.3. The Balaban J connectivity index is 1.78. The molecule has 0 radical (unpaired) electrons. The largest absolute Gasteiger partial charge is 0.0876 e. The lowest BCUT2D eigenvalue weighted by Gasteiger charge is -2.17. The van der Waals surface area contributed by atoms with Crippen molar-refractivity contribution >= 4 is 53.4 Å². The molecule has 0 amide bonds. The molecule has 0 atom stereocenters. The lowest BCUT2D eigenvalue weighted by Crippen LogP contribution is -1.95. The Morgan fingerprint density at radius 2 is 0.833 bits per heavy atom. The Labute approximate surface area is 193 Å². The van der Waals surface area contributed by atoms with E-state index in [0.717, 1.165) is 10.7 Å². The Kier molecular flexibility index (Phi) is 5.45. The van der Waals surface area contributed by atoms with Gasteiger partial charge in [0, 0.05) is 10.7 Å². The molecule has 0 N–H and O–H groups in total. The van der Waals surface area contributed by atoms with Gasteiger partial charge in [0.05, 0.1) is 0 Å². The topological polar surface area (TPSA) is 0 Å². The van der Waals surface area contributed by atoms with E-state index in [1.165, 1.54) is 54.9 Å². The van der Waals surface area contributed by atoms with Gasteiger partial charge in [-0.2, -0.15) is 0 Å². The summed E-state index contributed by atoms with van der Waals surface area (Å²) in [5.74, 6) is 0. The van der Waals surface area contributed by atoms with E-state index in [1.54, 1.807) is 0 Å². The van der Waals surface area contributed by atoms with Crippen molar-refractivity contribution in [2.45, 2.75) is 10.7 Å². The highest BCUT2D eigenvalue weighted by atomic mass is 79.9. The number of halogens is 2. The van der Waals surface area contributed by atoms with Gasteiger partial charge in [-0.05, 0) is 67.1 Å². The fraction of sp³-hybridized carbons (Fsp3) is 0.0714.